The fourth-order valence-electron chi connectivity index (χ4n) is 2.93. The van der Waals surface area contributed by atoms with Crippen molar-refractivity contribution in [2.45, 2.75) is 51.0 Å². The number of benzene rings is 1. The second-order valence-electron chi connectivity index (χ2n) is 5.89. The summed E-state index contributed by atoms with van der Waals surface area (Å²) in [5.41, 5.74) is 7.44. The summed E-state index contributed by atoms with van der Waals surface area (Å²) in [6, 6.07) is 8.06. The first-order chi connectivity index (χ1) is 10.1. The Morgan fingerprint density at radius 2 is 1.76 bits per heavy atom. The molecule has 0 aromatic heterocycles. The van der Waals surface area contributed by atoms with E-state index in [-0.39, 0.29) is 5.91 Å². The fourth-order valence-corrected chi connectivity index (χ4v) is 3.07. The number of nitrogens with zero attached hydrogens (tertiary/aromatic N) is 1. The van der Waals surface area contributed by atoms with Crippen LogP contribution in [-0.2, 0) is 11.2 Å². The van der Waals surface area contributed by atoms with Crippen LogP contribution in [0.5, 0.6) is 0 Å². The number of nitrogens with two attached hydrogens (primary N) is 1. The first-order valence-electron chi connectivity index (χ1n) is 7.72. The van der Waals surface area contributed by atoms with Gasteiger partial charge in [0.1, 0.15) is 4.99 Å². The van der Waals surface area contributed by atoms with E-state index in [9.17, 15) is 4.79 Å². The SMILES string of the molecule is CN(C(=O)Cc1ccc(C(N)=S)cc1)C1CCCCCC1. The average Bonchev–Trinajstić information content (AvgIpc) is 2.76. The molecule has 1 fully saturated rings. The Balaban J connectivity index is 1.94. The number of hydrogen-bond acceptors (Lipinski definition) is 2. The Morgan fingerprint density at radius 1 is 1.19 bits per heavy atom. The Kier molecular flexibility index (Phi) is 5.74. The number of carbonyl (C=O) groups is 1. The summed E-state index contributed by atoms with van der Waals surface area (Å²) in [7, 11) is 1.95. The highest BCUT2D eigenvalue weighted by atomic mass is 32.1. The van der Waals surface area contributed by atoms with E-state index < -0.39 is 0 Å². The van der Waals surface area contributed by atoms with Crippen LogP contribution in [0.4, 0.5) is 0 Å². The van der Waals surface area contributed by atoms with Gasteiger partial charge in [-0.15, -0.1) is 0 Å². The van der Waals surface area contributed by atoms with Crippen LogP contribution in [0.15, 0.2) is 24.3 Å². The molecule has 1 saturated carbocycles. The van der Waals surface area contributed by atoms with E-state index in [1.807, 2.05) is 36.2 Å². The van der Waals surface area contributed by atoms with Crippen LogP contribution in [0.3, 0.4) is 0 Å². The predicted octanol–water partition coefficient (Wildman–Crippen LogP) is 3.04. The van der Waals surface area contributed by atoms with Crippen LogP contribution in [0, 0.1) is 0 Å². The molecule has 4 heteroatoms. The van der Waals surface area contributed by atoms with Gasteiger partial charge >= 0.3 is 0 Å². The number of carbonyl (C=O) groups excluding carboxylic acids is 1. The lowest BCUT2D eigenvalue weighted by Gasteiger charge is -2.27. The summed E-state index contributed by atoms with van der Waals surface area (Å²) >= 11 is 4.94. The Bertz CT molecular complexity index is 490. The van der Waals surface area contributed by atoms with Crippen LogP contribution in [0.2, 0.25) is 0 Å². The molecule has 0 atom stereocenters. The number of likely N-dealkylation sites (N-methyl/N-ethyl adjacent to an activating group) is 1. The third-order valence-corrected chi connectivity index (χ3v) is 4.60. The summed E-state index contributed by atoms with van der Waals surface area (Å²) in [5, 5.41) is 0. The lowest BCUT2D eigenvalue weighted by atomic mass is 10.1. The van der Waals surface area contributed by atoms with Crippen molar-refractivity contribution < 1.29 is 4.79 Å². The topological polar surface area (TPSA) is 46.3 Å². The highest BCUT2D eigenvalue weighted by Crippen LogP contribution is 2.21. The molecule has 1 amide bonds. The molecule has 1 aliphatic carbocycles. The van der Waals surface area contributed by atoms with Crippen molar-refractivity contribution in [3.8, 4) is 0 Å². The maximum absolute atomic E-state index is 12.4. The van der Waals surface area contributed by atoms with E-state index in [0.29, 0.717) is 17.5 Å². The smallest absolute Gasteiger partial charge is 0.226 e. The molecule has 21 heavy (non-hydrogen) atoms. The van der Waals surface area contributed by atoms with E-state index in [1.165, 1.54) is 25.7 Å². The Hall–Kier alpha value is -1.42. The first-order valence-corrected chi connectivity index (χ1v) is 8.13. The third kappa shape index (κ3) is 4.53. The molecule has 0 spiro atoms. The van der Waals surface area contributed by atoms with Crippen molar-refractivity contribution in [2.75, 3.05) is 7.05 Å². The molecule has 1 aromatic rings. The summed E-state index contributed by atoms with van der Waals surface area (Å²) in [6.07, 6.45) is 7.82. The maximum Gasteiger partial charge on any atom is 0.226 e. The molecule has 2 rings (SSSR count). The highest BCUT2D eigenvalue weighted by molar-refractivity contribution is 7.80. The summed E-state index contributed by atoms with van der Waals surface area (Å²) in [6.45, 7) is 0. The van der Waals surface area contributed by atoms with E-state index in [1.54, 1.807) is 0 Å². The fraction of sp³-hybridized carbons (Fsp3) is 0.529. The normalized spacial score (nSPS) is 16.2. The summed E-state index contributed by atoms with van der Waals surface area (Å²) < 4.78 is 0. The lowest BCUT2D eigenvalue weighted by Crippen LogP contribution is -2.37. The van der Waals surface area contributed by atoms with Crippen molar-refractivity contribution in [2.24, 2.45) is 5.73 Å². The largest absolute Gasteiger partial charge is 0.389 e. The molecular weight excluding hydrogens is 280 g/mol. The van der Waals surface area contributed by atoms with Gasteiger partial charge in [-0.1, -0.05) is 62.2 Å². The van der Waals surface area contributed by atoms with Gasteiger partial charge in [0, 0.05) is 18.7 Å². The van der Waals surface area contributed by atoms with Crippen LogP contribution in [0.25, 0.3) is 0 Å². The van der Waals surface area contributed by atoms with Gasteiger partial charge in [0.25, 0.3) is 0 Å². The van der Waals surface area contributed by atoms with Gasteiger partial charge in [0.2, 0.25) is 5.91 Å². The van der Waals surface area contributed by atoms with E-state index in [4.69, 9.17) is 18.0 Å². The molecule has 0 saturated heterocycles. The first kappa shape index (κ1) is 16.0. The van der Waals surface area contributed by atoms with Gasteiger partial charge in [0.05, 0.1) is 6.42 Å². The van der Waals surface area contributed by atoms with Crippen LogP contribution >= 0.6 is 12.2 Å². The van der Waals surface area contributed by atoms with Crippen molar-refractivity contribution in [1.29, 1.82) is 0 Å². The van der Waals surface area contributed by atoms with Gasteiger partial charge in [-0.3, -0.25) is 4.79 Å². The van der Waals surface area contributed by atoms with Gasteiger partial charge < -0.3 is 10.6 Å². The number of rotatable bonds is 4. The number of hydrogen-bond donors (Lipinski definition) is 1. The molecule has 0 aliphatic heterocycles. The van der Waals surface area contributed by atoms with Gasteiger partial charge in [-0.05, 0) is 18.4 Å². The van der Waals surface area contributed by atoms with Crippen LogP contribution in [0.1, 0.15) is 49.7 Å². The van der Waals surface area contributed by atoms with Crippen molar-refractivity contribution >= 4 is 23.1 Å². The average molecular weight is 304 g/mol. The standard InChI is InChI=1S/C17H24N2OS/c1-19(15-6-4-2-3-5-7-15)16(20)12-13-8-10-14(11-9-13)17(18)21/h8-11,15H,2-7,12H2,1H3,(H2,18,21). The molecule has 2 N–H and O–H groups in total. The minimum atomic E-state index is 0.199. The molecule has 1 aromatic carbocycles. The maximum atomic E-state index is 12.4. The predicted molar refractivity (Wildman–Crippen MR) is 90.3 cm³/mol. The minimum Gasteiger partial charge on any atom is -0.389 e. The Labute approximate surface area is 132 Å². The van der Waals surface area contributed by atoms with Gasteiger partial charge in [0.15, 0.2) is 0 Å². The Morgan fingerprint density at radius 3 is 2.29 bits per heavy atom. The molecule has 0 radical (unpaired) electrons. The zero-order valence-electron chi connectivity index (χ0n) is 12.7. The molecule has 1 aliphatic rings. The van der Waals surface area contributed by atoms with Crippen molar-refractivity contribution in [3.63, 3.8) is 0 Å². The van der Waals surface area contributed by atoms with E-state index in [0.717, 1.165) is 24.0 Å². The number of amides is 1. The minimum absolute atomic E-state index is 0.199. The van der Waals surface area contributed by atoms with Crippen LogP contribution < -0.4 is 5.73 Å². The molecule has 0 bridgehead atoms. The number of thiocarbonyl (C=S) groups is 1. The summed E-state index contributed by atoms with van der Waals surface area (Å²) in [4.78, 5) is 14.8. The monoisotopic (exact) mass is 304 g/mol. The third-order valence-electron chi connectivity index (χ3n) is 4.36. The zero-order valence-corrected chi connectivity index (χ0v) is 13.5. The summed E-state index contributed by atoms with van der Waals surface area (Å²) in [5.74, 6) is 0.199. The van der Waals surface area contributed by atoms with Crippen molar-refractivity contribution in [3.05, 3.63) is 35.4 Å². The van der Waals surface area contributed by atoms with Crippen LogP contribution in [-0.4, -0.2) is 28.9 Å². The molecule has 114 valence electrons. The molecule has 0 unspecified atom stereocenters. The molecule has 0 heterocycles. The van der Waals surface area contributed by atoms with E-state index >= 15 is 0 Å². The van der Waals surface area contributed by atoms with E-state index in [2.05, 4.69) is 0 Å². The highest BCUT2D eigenvalue weighted by Gasteiger charge is 2.21. The quantitative estimate of drug-likeness (QED) is 0.687. The van der Waals surface area contributed by atoms with Gasteiger partial charge in [-0.2, -0.15) is 0 Å². The lowest BCUT2D eigenvalue weighted by molar-refractivity contribution is -0.131. The molecule has 3 nitrogen and oxygen atoms in total. The second-order valence-corrected chi connectivity index (χ2v) is 6.33. The zero-order chi connectivity index (χ0) is 15.2. The second kappa shape index (κ2) is 7.55. The van der Waals surface area contributed by atoms with Gasteiger partial charge in [-0.25, -0.2) is 0 Å². The molecular formula is C17H24N2OS. The van der Waals surface area contributed by atoms with Crippen molar-refractivity contribution in [1.82, 2.24) is 4.90 Å².